The molecule has 1 aliphatic carbocycles. The molecule has 1 aromatic rings. The zero-order chi connectivity index (χ0) is 14.4. The number of fused-ring (bicyclic) bond motifs is 1. The monoisotopic (exact) mass is 276 g/mol. The Morgan fingerprint density at radius 3 is 2.95 bits per heavy atom. The lowest BCUT2D eigenvalue weighted by molar-refractivity contribution is -0.141. The number of hydrogen-bond donors (Lipinski definition) is 2. The fourth-order valence-corrected chi connectivity index (χ4v) is 2.48. The van der Waals surface area contributed by atoms with Gasteiger partial charge in [0, 0.05) is 0 Å². The molecule has 0 saturated carbocycles. The van der Waals surface area contributed by atoms with Gasteiger partial charge in [0.25, 0.3) is 0 Å². The van der Waals surface area contributed by atoms with Gasteiger partial charge in [-0.05, 0) is 37.3 Å². The molecule has 0 spiro atoms. The summed E-state index contributed by atoms with van der Waals surface area (Å²) in [7, 11) is 0. The largest absolute Gasteiger partial charge is 0.465 e. The Kier molecular flexibility index (Phi) is 4.98. The van der Waals surface area contributed by atoms with Crippen molar-refractivity contribution >= 4 is 12.0 Å². The normalized spacial score (nSPS) is 16.9. The minimum absolute atomic E-state index is 0.0159. The van der Waals surface area contributed by atoms with Crippen LogP contribution in [0.1, 0.15) is 36.9 Å². The molecular weight excluding hydrogens is 256 g/mol. The summed E-state index contributed by atoms with van der Waals surface area (Å²) in [5, 5.41) is 5.44. The minimum atomic E-state index is -0.424. The summed E-state index contributed by atoms with van der Waals surface area (Å²) in [6, 6.07) is 7.82. The van der Waals surface area contributed by atoms with Gasteiger partial charge in [0.1, 0.15) is 6.54 Å². The maximum absolute atomic E-state index is 11.8. The zero-order valence-electron chi connectivity index (χ0n) is 11.6. The molecule has 1 atom stereocenters. The van der Waals surface area contributed by atoms with Crippen LogP contribution in [0, 0.1) is 0 Å². The molecule has 20 heavy (non-hydrogen) atoms. The highest BCUT2D eigenvalue weighted by molar-refractivity contribution is 5.81. The first-order valence-corrected chi connectivity index (χ1v) is 6.98. The molecule has 0 bridgehead atoms. The van der Waals surface area contributed by atoms with Crippen LogP contribution in [-0.2, 0) is 16.0 Å². The van der Waals surface area contributed by atoms with Crippen molar-refractivity contribution < 1.29 is 14.3 Å². The summed E-state index contributed by atoms with van der Waals surface area (Å²) in [5.41, 5.74) is 2.46. The zero-order valence-corrected chi connectivity index (χ0v) is 11.6. The minimum Gasteiger partial charge on any atom is -0.465 e. The Morgan fingerprint density at radius 1 is 1.35 bits per heavy atom. The lowest BCUT2D eigenvalue weighted by atomic mass is 9.88. The van der Waals surface area contributed by atoms with Gasteiger partial charge in [0.05, 0.1) is 12.6 Å². The molecule has 2 rings (SSSR count). The van der Waals surface area contributed by atoms with Crippen molar-refractivity contribution in [3.63, 3.8) is 0 Å². The first kappa shape index (κ1) is 14.4. The van der Waals surface area contributed by atoms with Crippen LogP contribution in [0.25, 0.3) is 0 Å². The van der Waals surface area contributed by atoms with E-state index in [0.717, 1.165) is 19.3 Å². The summed E-state index contributed by atoms with van der Waals surface area (Å²) < 4.78 is 4.76. The van der Waals surface area contributed by atoms with E-state index in [1.54, 1.807) is 6.92 Å². The van der Waals surface area contributed by atoms with Crippen LogP contribution < -0.4 is 10.6 Å². The second-order valence-electron chi connectivity index (χ2n) is 4.78. The predicted molar refractivity (Wildman–Crippen MR) is 75.3 cm³/mol. The number of nitrogens with one attached hydrogen (secondary N) is 2. The van der Waals surface area contributed by atoms with Gasteiger partial charge in [0.15, 0.2) is 0 Å². The quantitative estimate of drug-likeness (QED) is 0.826. The molecule has 0 aliphatic heterocycles. The number of aryl methyl sites for hydroxylation is 1. The topological polar surface area (TPSA) is 67.4 Å². The second-order valence-corrected chi connectivity index (χ2v) is 4.78. The molecule has 1 aromatic carbocycles. The molecule has 2 amide bonds. The highest BCUT2D eigenvalue weighted by atomic mass is 16.5. The molecular formula is C15H20N2O3. The van der Waals surface area contributed by atoms with Gasteiger partial charge in [-0.15, -0.1) is 0 Å². The van der Waals surface area contributed by atoms with Crippen LogP contribution in [0.5, 0.6) is 0 Å². The highest BCUT2D eigenvalue weighted by Crippen LogP contribution is 2.29. The molecule has 5 nitrogen and oxygen atoms in total. The van der Waals surface area contributed by atoms with Crippen LogP contribution in [0.15, 0.2) is 24.3 Å². The number of ether oxygens (including phenoxy) is 1. The Hall–Kier alpha value is -2.04. The number of esters is 1. The molecule has 108 valence electrons. The maximum Gasteiger partial charge on any atom is 0.325 e. The summed E-state index contributed by atoms with van der Waals surface area (Å²) in [5.74, 6) is -0.424. The van der Waals surface area contributed by atoms with Gasteiger partial charge in [0.2, 0.25) is 0 Å². The third kappa shape index (κ3) is 3.73. The van der Waals surface area contributed by atoms with Crippen LogP contribution in [0.2, 0.25) is 0 Å². The predicted octanol–water partition coefficient (Wildman–Crippen LogP) is 1.93. The third-order valence-corrected chi connectivity index (χ3v) is 3.37. The van der Waals surface area contributed by atoms with Gasteiger partial charge < -0.3 is 15.4 Å². The average Bonchev–Trinajstić information content (AvgIpc) is 2.46. The smallest absolute Gasteiger partial charge is 0.325 e. The molecule has 2 N–H and O–H groups in total. The average molecular weight is 276 g/mol. The number of carbonyl (C=O) groups excluding carboxylic acids is 2. The van der Waals surface area contributed by atoms with E-state index in [4.69, 9.17) is 4.74 Å². The number of carbonyl (C=O) groups is 2. The molecule has 0 aromatic heterocycles. The lowest BCUT2D eigenvalue weighted by Gasteiger charge is -2.26. The van der Waals surface area contributed by atoms with Crippen molar-refractivity contribution in [1.29, 1.82) is 0 Å². The second kappa shape index (κ2) is 6.93. The van der Waals surface area contributed by atoms with Gasteiger partial charge >= 0.3 is 12.0 Å². The van der Waals surface area contributed by atoms with E-state index in [0.29, 0.717) is 6.61 Å². The molecule has 1 aliphatic rings. The third-order valence-electron chi connectivity index (χ3n) is 3.37. The fourth-order valence-electron chi connectivity index (χ4n) is 2.48. The number of urea groups is 1. The molecule has 0 saturated heterocycles. The van der Waals surface area contributed by atoms with Gasteiger partial charge in [-0.25, -0.2) is 4.79 Å². The molecule has 0 heterocycles. The number of rotatable bonds is 4. The van der Waals surface area contributed by atoms with Crippen LogP contribution in [-0.4, -0.2) is 25.2 Å². The first-order valence-electron chi connectivity index (χ1n) is 6.98. The highest BCUT2D eigenvalue weighted by Gasteiger charge is 2.21. The Bertz CT molecular complexity index is 488. The number of hydrogen-bond acceptors (Lipinski definition) is 3. The van der Waals surface area contributed by atoms with E-state index in [9.17, 15) is 9.59 Å². The molecule has 1 unspecified atom stereocenters. The maximum atomic E-state index is 11.8. The first-order chi connectivity index (χ1) is 9.70. The van der Waals surface area contributed by atoms with Crippen molar-refractivity contribution in [2.24, 2.45) is 0 Å². The fraction of sp³-hybridized carbons (Fsp3) is 0.467. The van der Waals surface area contributed by atoms with Crippen LogP contribution in [0.4, 0.5) is 4.79 Å². The van der Waals surface area contributed by atoms with E-state index in [1.165, 1.54) is 11.1 Å². The van der Waals surface area contributed by atoms with Crippen molar-refractivity contribution in [1.82, 2.24) is 10.6 Å². The van der Waals surface area contributed by atoms with Gasteiger partial charge in [-0.2, -0.15) is 0 Å². The lowest BCUT2D eigenvalue weighted by Crippen LogP contribution is -2.41. The van der Waals surface area contributed by atoms with E-state index >= 15 is 0 Å². The van der Waals surface area contributed by atoms with Crippen molar-refractivity contribution in [3.8, 4) is 0 Å². The van der Waals surface area contributed by atoms with Crippen molar-refractivity contribution in [3.05, 3.63) is 35.4 Å². The standard InChI is InChI=1S/C15H20N2O3/c1-2-20-14(18)10-16-15(19)17-13-9-5-7-11-6-3-4-8-12(11)13/h3-4,6,8,13H,2,5,7,9-10H2,1H3,(H2,16,17,19). The van der Waals surface area contributed by atoms with Crippen LogP contribution in [0.3, 0.4) is 0 Å². The number of benzene rings is 1. The summed E-state index contributed by atoms with van der Waals surface area (Å²) in [6.45, 7) is 1.95. The summed E-state index contributed by atoms with van der Waals surface area (Å²) >= 11 is 0. The SMILES string of the molecule is CCOC(=O)CNC(=O)NC1CCCc2ccccc21. The van der Waals surface area contributed by atoms with Gasteiger partial charge in [-0.1, -0.05) is 24.3 Å². The Balaban J connectivity index is 1.88. The van der Waals surface area contributed by atoms with E-state index in [-0.39, 0.29) is 18.6 Å². The molecule has 0 radical (unpaired) electrons. The van der Waals surface area contributed by atoms with E-state index in [2.05, 4.69) is 16.7 Å². The van der Waals surface area contributed by atoms with Gasteiger partial charge in [-0.3, -0.25) is 4.79 Å². The van der Waals surface area contributed by atoms with E-state index in [1.807, 2.05) is 18.2 Å². The van der Waals surface area contributed by atoms with Crippen molar-refractivity contribution in [2.75, 3.05) is 13.2 Å². The Labute approximate surface area is 118 Å². The molecule has 0 fully saturated rings. The summed E-state index contributed by atoms with van der Waals surface area (Å²) in [4.78, 5) is 23.0. The van der Waals surface area contributed by atoms with Crippen molar-refractivity contribution in [2.45, 2.75) is 32.2 Å². The Morgan fingerprint density at radius 2 is 2.15 bits per heavy atom. The molecule has 5 heteroatoms. The van der Waals surface area contributed by atoms with E-state index < -0.39 is 5.97 Å². The van der Waals surface area contributed by atoms with Crippen LogP contribution >= 0.6 is 0 Å². The number of amides is 2. The summed E-state index contributed by atoms with van der Waals surface area (Å²) in [6.07, 6.45) is 3.03.